The fourth-order valence-electron chi connectivity index (χ4n) is 7.42. The van der Waals surface area contributed by atoms with Crippen molar-refractivity contribution in [3.8, 4) is 0 Å². The van der Waals surface area contributed by atoms with Crippen LogP contribution >= 0.6 is 0 Å². The van der Waals surface area contributed by atoms with E-state index < -0.39 is 41.2 Å². The topological polar surface area (TPSA) is 162 Å². The third-order valence-electron chi connectivity index (χ3n) is 10.2. The van der Waals surface area contributed by atoms with Gasteiger partial charge in [0.15, 0.2) is 11.5 Å². The van der Waals surface area contributed by atoms with Crippen molar-refractivity contribution in [3.63, 3.8) is 0 Å². The van der Waals surface area contributed by atoms with Crippen molar-refractivity contribution in [1.82, 2.24) is 25.3 Å². The van der Waals surface area contributed by atoms with Crippen LogP contribution < -0.4 is 20.9 Å². The quantitative estimate of drug-likeness (QED) is 0.445. The molecule has 3 N–H and O–H groups in total. The average Bonchev–Trinajstić information content (AvgIpc) is 3.25. The van der Waals surface area contributed by atoms with Crippen LogP contribution in [0.1, 0.15) is 69.7 Å². The number of nitrogens with one attached hydrogen (secondary N) is 1. The maximum absolute atomic E-state index is 15.9. The Kier molecular flexibility index (Phi) is 7.06. The van der Waals surface area contributed by atoms with Gasteiger partial charge in [-0.1, -0.05) is 0 Å². The number of likely N-dealkylation sites (tertiary alicyclic amines) is 1. The van der Waals surface area contributed by atoms with Gasteiger partial charge in [0.25, 0.3) is 17.7 Å². The zero-order valence-corrected chi connectivity index (χ0v) is 24.8. The molecule has 45 heavy (non-hydrogen) atoms. The molecule has 6 heterocycles. The summed E-state index contributed by atoms with van der Waals surface area (Å²) in [6.45, 7) is 4.73. The minimum atomic E-state index is -1.27. The van der Waals surface area contributed by atoms with Gasteiger partial charge in [0.2, 0.25) is 11.8 Å². The van der Waals surface area contributed by atoms with Crippen LogP contribution in [0.4, 0.5) is 15.9 Å². The molecule has 4 saturated heterocycles. The molecular formula is C31H35FN8O5. The number of piperidine rings is 3. The maximum Gasteiger partial charge on any atom is 0.269 e. The molecule has 0 aliphatic carbocycles. The summed E-state index contributed by atoms with van der Waals surface area (Å²) in [6, 6.07) is 7.48. The van der Waals surface area contributed by atoms with Crippen molar-refractivity contribution < 1.29 is 28.4 Å². The Hall–Kier alpha value is -4.46. The predicted octanol–water partition coefficient (Wildman–Crippen LogP) is 0.888. The summed E-state index contributed by atoms with van der Waals surface area (Å²) in [6.07, 6.45) is 2.90. The Morgan fingerprint density at radius 1 is 0.911 bits per heavy atom. The summed E-state index contributed by atoms with van der Waals surface area (Å²) in [5, 5.41) is 10.2. The highest BCUT2D eigenvalue weighted by Crippen LogP contribution is 2.44. The standard InChI is InChI=1S/C31H35FN8O5/c32-31(9-13-38(14-10-31)24-5-3-22(26(33)42)35-36-24)18-37-11-7-30(8-12-37)16-39(17-30)19-1-2-20-21(15-19)29(45)40(28(20)44)23-4-6-25(41)34-27(23)43/h1-3,5,15,23H,4,6-14,16-18H2,(H2,33,42)(H,34,41,43). The Bertz CT molecular complexity index is 1570. The van der Waals surface area contributed by atoms with Crippen LogP contribution in [-0.2, 0) is 9.59 Å². The number of aromatic nitrogens is 2. The fourth-order valence-corrected chi connectivity index (χ4v) is 7.42. The Balaban J connectivity index is 0.907. The molecule has 236 valence electrons. The van der Waals surface area contributed by atoms with Gasteiger partial charge >= 0.3 is 0 Å². The van der Waals surface area contributed by atoms with E-state index in [2.05, 4.69) is 25.3 Å². The third-order valence-corrected chi connectivity index (χ3v) is 10.2. The first-order valence-corrected chi connectivity index (χ1v) is 15.4. The SMILES string of the molecule is NC(=O)c1ccc(N2CCC(F)(CN3CCC4(CC3)CN(c3ccc5c(c3)C(=O)N(C3CCC(=O)NC3=O)C5=O)C4)CC2)nn1. The largest absolute Gasteiger partial charge is 0.370 e. The number of carbonyl (C=O) groups excluding carboxylic acids is 5. The number of hydrogen-bond acceptors (Lipinski definition) is 10. The number of hydrogen-bond donors (Lipinski definition) is 2. The first-order chi connectivity index (χ1) is 21.5. The van der Waals surface area contributed by atoms with Gasteiger partial charge in [0.1, 0.15) is 11.7 Å². The highest BCUT2D eigenvalue weighted by Gasteiger charge is 2.48. The second kappa shape index (κ2) is 10.9. The zero-order chi connectivity index (χ0) is 31.5. The fraction of sp³-hybridized carbons (Fsp3) is 0.516. The summed E-state index contributed by atoms with van der Waals surface area (Å²) in [7, 11) is 0. The molecule has 5 aliphatic rings. The molecule has 0 saturated carbocycles. The Morgan fingerprint density at radius 2 is 1.62 bits per heavy atom. The van der Waals surface area contributed by atoms with Crippen molar-refractivity contribution in [1.29, 1.82) is 0 Å². The summed E-state index contributed by atoms with van der Waals surface area (Å²) >= 11 is 0. The van der Waals surface area contributed by atoms with Gasteiger partial charge in [-0.25, -0.2) is 4.39 Å². The monoisotopic (exact) mass is 618 g/mol. The van der Waals surface area contributed by atoms with Crippen molar-refractivity contribution >= 4 is 41.0 Å². The molecule has 7 rings (SSSR count). The Morgan fingerprint density at radius 3 is 2.27 bits per heavy atom. The number of nitrogens with two attached hydrogens (primary N) is 1. The maximum atomic E-state index is 15.9. The number of anilines is 2. The number of nitrogens with zero attached hydrogens (tertiary/aromatic N) is 6. The second-order valence-electron chi connectivity index (χ2n) is 13.1. The van der Waals surface area contributed by atoms with Gasteiger partial charge in [-0.05, 0) is 62.7 Å². The molecular weight excluding hydrogens is 583 g/mol. The lowest BCUT2D eigenvalue weighted by atomic mass is 9.71. The van der Waals surface area contributed by atoms with Crippen molar-refractivity contribution in [3.05, 3.63) is 47.2 Å². The van der Waals surface area contributed by atoms with Crippen LogP contribution in [-0.4, -0.2) is 107 Å². The van der Waals surface area contributed by atoms with Gasteiger partial charge in [-0.2, -0.15) is 0 Å². The van der Waals surface area contributed by atoms with Crippen LogP contribution in [0, 0.1) is 5.41 Å². The number of carbonyl (C=O) groups is 5. The van der Waals surface area contributed by atoms with Crippen LogP contribution in [0.3, 0.4) is 0 Å². The molecule has 2 aromatic rings. The number of halogens is 1. The third kappa shape index (κ3) is 5.30. The predicted molar refractivity (Wildman–Crippen MR) is 159 cm³/mol. The molecule has 0 bridgehead atoms. The lowest BCUT2D eigenvalue weighted by Crippen LogP contribution is -2.61. The molecule has 13 nitrogen and oxygen atoms in total. The van der Waals surface area contributed by atoms with Crippen molar-refractivity contribution in [2.45, 2.75) is 50.2 Å². The lowest BCUT2D eigenvalue weighted by molar-refractivity contribution is -0.136. The molecule has 5 amide bonds. The van der Waals surface area contributed by atoms with E-state index >= 15 is 4.39 Å². The van der Waals surface area contributed by atoms with Gasteiger partial charge in [-0.3, -0.25) is 34.2 Å². The van der Waals surface area contributed by atoms with Gasteiger partial charge < -0.3 is 20.4 Å². The van der Waals surface area contributed by atoms with E-state index in [0.29, 0.717) is 38.3 Å². The van der Waals surface area contributed by atoms with Gasteiger partial charge in [0.05, 0.1) is 11.1 Å². The number of primary amides is 1. The van der Waals surface area contributed by atoms with Crippen LogP contribution in [0.15, 0.2) is 30.3 Å². The van der Waals surface area contributed by atoms with E-state index in [-0.39, 0.29) is 35.1 Å². The number of fused-ring (bicyclic) bond motifs is 1. The number of alkyl halides is 1. The molecule has 14 heteroatoms. The molecule has 4 fully saturated rings. The first kappa shape index (κ1) is 29.3. The van der Waals surface area contributed by atoms with E-state index in [0.717, 1.165) is 49.6 Å². The van der Waals surface area contributed by atoms with Crippen molar-refractivity contribution in [2.24, 2.45) is 11.1 Å². The highest BCUT2D eigenvalue weighted by molar-refractivity contribution is 6.23. The lowest BCUT2D eigenvalue weighted by Gasteiger charge is -2.55. The molecule has 1 atom stereocenters. The summed E-state index contributed by atoms with van der Waals surface area (Å²) < 4.78 is 15.9. The number of amides is 5. The van der Waals surface area contributed by atoms with E-state index in [9.17, 15) is 24.0 Å². The normalized spacial score (nSPS) is 24.5. The van der Waals surface area contributed by atoms with Gasteiger partial charge in [-0.15, -0.1) is 10.2 Å². The van der Waals surface area contributed by atoms with E-state index in [1.165, 1.54) is 6.07 Å². The number of imide groups is 2. The molecule has 1 unspecified atom stereocenters. The molecule has 0 radical (unpaired) electrons. The van der Waals surface area contributed by atoms with E-state index in [1.54, 1.807) is 18.2 Å². The summed E-state index contributed by atoms with van der Waals surface area (Å²) in [4.78, 5) is 68.8. The molecule has 1 spiro atoms. The van der Waals surface area contributed by atoms with Crippen LogP contribution in [0.2, 0.25) is 0 Å². The van der Waals surface area contributed by atoms with E-state index in [1.807, 2.05) is 11.0 Å². The average molecular weight is 619 g/mol. The number of rotatable bonds is 6. The smallest absolute Gasteiger partial charge is 0.269 e. The van der Waals surface area contributed by atoms with E-state index in [4.69, 9.17) is 5.73 Å². The second-order valence-corrected chi connectivity index (χ2v) is 13.1. The van der Waals surface area contributed by atoms with Crippen molar-refractivity contribution in [2.75, 3.05) is 55.6 Å². The minimum Gasteiger partial charge on any atom is -0.370 e. The minimum absolute atomic E-state index is 0.0819. The summed E-state index contributed by atoms with van der Waals surface area (Å²) in [5.74, 6) is -2.06. The van der Waals surface area contributed by atoms with Crippen LogP contribution in [0.5, 0.6) is 0 Å². The van der Waals surface area contributed by atoms with Gasteiger partial charge in [0, 0.05) is 63.1 Å². The first-order valence-electron chi connectivity index (χ1n) is 15.4. The van der Waals surface area contributed by atoms with Crippen LogP contribution in [0.25, 0.3) is 0 Å². The zero-order valence-electron chi connectivity index (χ0n) is 24.8. The molecule has 1 aromatic carbocycles. The summed E-state index contributed by atoms with van der Waals surface area (Å²) in [5.41, 5.74) is 5.62. The number of benzene rings is 1. The highest BCUT2D eigenvalue weighted by atomic mass is 19.1. The Labute approximate surface area is 258 Å². The molecule has 5 aliphatic heterocycles. The molecule has 1 aromatic heterocycles.